The fourth-order valence-electron chi connectivity index (χ4n) is 2.83. The van der Waals surface area contributed by atoms with Gasteiger partial charge < -0.3 is 10.2 Å². The van der Waals surface area contributed by atoms with Crippen LogP contribution < -0.4 is 5.32 Å². The number of hydrogen-bond acceptors (Lipinski definition) is 2. The maximum atomic E-state index is 14.0. The van der Waals surface area contributed by atoms with Gasteiger partial charge in [-0.3, -0.25) is 9.59 Å². The number of benzene rings is 2. The molecule has 130 valence electrons. The highest BCUT2D eigenvalue weighted by Gasteiger charge is 2.44. The predicted octanol–water partition coefficient (Wildman–Crippen LogP) is 3.92. The minimum absolute atomic E-state index is 0.0226. The number of carbonyl (C=O) groups is 2. The van der Waals surface area contributed by atoms with Gasteiger partial charge in [0.25, 0.3) is 5.91 Å². The lowest BCUT2D eigenvalue weighted by molar-refractivity contribution is -0.117. The number of hydrogen-bond donors (Lipinski definition) is 1. The molecule has 2 aromatic carbocycles. The molecule has 6 heteroatoms. The van der Waals surface area contributed by atoms with Gasteiger partial charge in [-0.05, 0) is 48.2 Å². The van der Waals surface area contributed by atoms with Gasteiger partial charge in [0.2, 0.25) is 5.91 Å². The molecule has 4 nitrogen and oxygen atoms in total. The van der Waals surface area contributed by atoms with E-state index in [4.69, 9.17) is 11.6 Å². The fraction of sp³-hybridized carbons (Fsp3) is 0.263. The molecule has 0 aromatic heterocycles. The molecule has 0 bridgehead atoms. The summed E-state index contributed by atoms with van der Waals surface area (Å²) in [5.74, 6) is -1.19. The lowest BCUT2D eigenvalue weighted by Crippen LogP contribution is -2.22. The Morgan fingerprint density at radius 3 is 2.64 bits per heavy atom. The lowest BCUT2D eigenvalue weighted by Gasteiger charge is -2.12. The monoisotopic (exact) mass is 360 g/mol. The summed E-state index contributed by atoms with van der Waals surface area (Å²) in [5, 5.41) is 3.23. The molecule has 1 fully saturated rings. The number of carbonyl (C=O) groups excluding carboxylic acids is 2. The van der Waals surface area contributed by atoms with Crippen LogP contribution in [0.2, 0.25) is 5.02 Å². The van der Waals surface area contributed by atoms with Crippen molar-refractivity contribution < 1.29 is 14.0 Å². The van der Waals surface area contributed by atoms with E-state index in [-0.39, 0.29) is 29.3 Å². The van der Waals surface area contributed by atoms with Crippen LogP contribution in [0.4, 0.5) is 10.1 Å². The molecule has 0 unspecified atom stereocenters. The second-order valence-electron chi connectivity index (χ2n) is 6.39. The SMILES string of the molecule is CN(C)C(=O)c1ccc(F)c(NC(=O)[C@@H]2C[C@@H]2c2cccc(Cl)c2)c1. The zero-order chi connectivity index (χ0) is 18.1. The molecule has 2 amide bonds. The zero-order valence-corrected chi connectivity index (χ0v) is 14.7. The third kappa shape index (κ3) is 3.82. The largest absolute Gasteiger partial charge is 0.345 e. The van der Waals surface area contributed by atoms with Crippen LogP contribution in [0.1, 0.15) is 28.3 Å². The first-order valence-corrected chi connectivity index (χ1v) is 8.32. The van der Waals surface area contributed by atoms with E-state index in [1.54, 1.807) is 20.2 Å². The van der Waals surface area contributed by atoms with Gasteiger partial charge in [0.15, 0.2) is 0 Å². The van der Waals surface area contributed by atoms with Crippen LogP contribution >= 0.6 is 11.6 Å². The number of nitrogens with zero attached hydrogens (tertiary/aromatic N) is 1. The van der Waals surface area contributed by atoms with Crippen LogP contribution in [0.25, 0.3) is 0 Å². The van der Waals surface area contributed by atoms with Gasteiger partial charge >= 0.3 is 0 Å². The van der Waals surface area contributed by atoms with Crippen molar-refractivity contribution in [3.05, 3.63) is 64.4 Å². The Labute approximate surface area is 150 Å². The Morgan fingerprint density at radius 2 is 1.96 bits per heavy atom. The minimum Gasteiger partial charge on any atom is -0.345 e. The number of halogens is 2. The normalized spacial score (nSPS) is 18.6. The second kappa shape index (κ2) is 6.84. The molecule has 25 heavy (non-hydrogen) atoms. The van der Waals surface area contributed by atoms with E-state index in [0.29, 0.717) is 17.0 Å². The smallest absolute Gasteiger partial charge is 0.253 e. The van der Waals surface area contributed by atoms with Gasteiger partial charge in [0.05, 0.1) is 5.69 Å². The summed E-state index contributed by atoms with van der Waals surface area (Å²) in [6.07, 6.45) is 0.699. The minimum atomic E-state index is -0.566. The van der Waals surface area contributed by atoms with Gasteiger partial charge in [-0.2, -0.15) is 0 Å². The lowest BCUT2D eigenvalue weighted by atomic mass is 10.1. The summed E-state index contributed by atoms with van der Waals surface area (Å²) in [7, 11) is 3.23. The van der Waals surface area contributed by atoms with Crippen LogP contribution in [0.5, 0.6) is 0 Å². The number of rotatable bonds is 4. The summed E-state index contributed by atoms with van der Waals surface area (Å²) in [6, 6.07) is 11.4. The predicted molar refractivity (Wildman–Crippen MR) is 95.3 cm³/mol. The Kier molecular flexibility index (Phi) is 4.77. The van der Waals surface area contributed by atoms with E-state index in [2.05, 4.69) is 5.32 Å². The Balaban J connectivity index is 1.72. The van der Waals surface area contributed by atoms with E-state index in [9.17, 15) is 14.0 Å². The molecule has 2 atom stereocenters. The van der Waals surface area contributed by atoms with Crippen LogP contribution in [0.3, 0.4) is 0 Å². The Bertz CT molecular complexity index is 838. The second-order valence-corrected chi connectivity index (χ2v) is 6.82. The van der Waals surface area contributed by atoms with Crippen molar-refractivity contribution in [1.82, 2.24) is 4.90 Å². The highest BCUT2D eigenvalue weighted by molar-refractivity contribution is 6.30. The standard InChI is InChI=1S/C19H18ClFN2O2/c1-23(2)19(25)12-6-7-16(21)17(9-12)22-18(24)15-10-14(15)11-4-3-5-13(20)8-11/h3-9,14-15H,10H2,1-2H3,(H,22,24)/t14-,15-/m1/s1. The number of nitrogens with one attached hydrogen (secondary N) is 1. The quantitative estimate of drug-likeness (QED) is 0.898. The van der Waals surface area contributed by atoms with E-state index >= 15 is 0 Å². The van der Waals surface area contributed by atoms with E-state index < -0.39 is 5.82 Å². The topological polar surface area (TPSA) is 49.4 Å². The first-order chi connectivity index (χ1) is 11.9. The first kappa shape index (κ1) is 17.4. The Morgan fingerprint density at radius 1 is 1.20 bits per heavy atom. The summed E-state index contributed by atoms with van der Waals surface area (Å²) < 4.78 is 14.0. The highest BCUT2D eigenvalue weighted by atomic mass is 35.5. The van der Waals surface area contributed by atoms with Crippen molar-refractivity contribution in [2.24, 2.45) is 5.92 Å². The molecule has 0 radical (unpaired) electrons. The molecular weight excluding hydrogens is 343 g/mol. The Hall–Kier alpha value is -2.40. The molecule has 0 saturated heterocycles. The average molecular weight is 361 g/mol. The van der Waals surface area contributed by atoms with Gasteiger partial charge in [0.1, 0.15) is 5.82 Å². The maximum Gasteiger partial charge on any atom is 0.253 e. The molecule has 0 spiro atoms. The van der Waals surface area contributed by atoms with Gasteiger partial charge in [0, 0.05) is 30.6 Å². The van der Waals surface area contributed by atoms with Crippen molar-refractivity contribution in [2.75, 3.05) is 19.4 Å². The molecule has 3 rings (SSSR count). The van der Waals surface area contributed by atoms with E-state index in [0.717, 1.165) is 5.56 Å². The molecule has 0 heterocycles. The fourth-order valence-corrected chi connectivity index (χ4v) is 3.03. The van der Waals surface area contributed by atoms with Crippen LogP contribution in [-0.4, -0.2) is 30.8 Å². The molecule has 1 aliphatic carbocycles. The maximum absolute atomic E-state index is 14.0. The molecule has 1 N–H and O–H groups in total. The van der Waals surface area contributed by atoms with E-state index in [1.165, 1.54) is 23.1 Å². The van der Waals surface area contributed by atoms with Crippen molar-refractivity contribution >= 4 is 29.1 Å². The van der Waals surface area contributed by atoms with Gasteiger partial charge in [-0.25, -0.2) is 4.39 Å². The summed E-state index contributed by atoms with van der Waals surface area (Å²) in [5.41, 5.74) is 1.35. The van der Waals surface area contributed by atoms with Crippen molar-refractivity contribution in [3.63, 3.8) is 0 Å². The number of anilines is 1. The van der Waals surface area contributed by atoms with Crippen molar-refractivity contribution in [3.8, 4) is 0 Å². The zero-order valence-electron chi connectivity index (χ0n) is 13.9. The molecule has 0 aliphatic heterocycles. The van der Waals surface area contributed by atoms with E-state index in [1.807, 2.05) is 18.2 Å². The summed E-state index contributed by atoms with van der Waals surface area (Å²) >= 11 is 5.98. The molecule has 2 aromatic rings. The van der Waals surface area contributed by atoms with Crippen LogP contribution in [0.15, 0.2) is 42.5 Å². The third-order valence-electron chi connectivity index (χ3n) is 4.28. The number of amides is 2. The van der Waals surface area contributed by atoms with Crippen LogP contribution in [-0.2, 0) is 4.79 Å². The summed E-state index contributed by atoms with van der Waals surface area (Å²) in [4.78, 5) is 25.8. The van der Waals surface area contributed by atoms with Crippen molar-refractivity contribution in [2.45, 2.75) is 12.3 Å². The third-order valence-corrected chi connectivity index (χ3v) is 4.52. The summed E-state index contributed by atoms with van der Waals surface area (Å²) in [6.45, 7) is 0. The van der Waals surface area contributed by atoms with Gasteiger partial charge in [-0.1, -0.05) is 23.7 Å². The molecular formula is C19H18ClFN2O2. The molecule has 1 saturated carbocycles. The molecule has 1 aliphatic rings. The first-order valence-electron chi connectivity index (χ1n) is 7.94. The van der Waals surface area contributed by atoms with Crippen molar-refractivity contribution in [1.29, 1.82) is 0 Å². The average Bonchev–Trinajstić information content (AvgIpc) is 3.37. The van der Waals surface area contributed by atoms with Crippen LogP contribution in [0, 0.1) is 11.7 Å². The van der Waals surface area contributed by atoms with Gasteiger partial charge in [-0.15, -0.1) is 0 Å². The highest BCUT2D eigenvalue weighted by Crippen LogP contribution is 2.48.